The zero-order chi connectivity index (χ0) is 20.5. The van der Waals surface area contributed by atoms with Gasteiger partial charge in [-0.2, -0.15) is 4.31 Å². The van der Waals surface area contributed by atoms with E-state index in [1.165, 1.54) is 34.6 Å². The highest BCUT2D eigenvalue weighted by Crippen LogP contribution is 2.31. The van der Waals surface area contributed by atoms with E-state index in [9.17, 15) is 13.2 Å². The van der Waals surface area contributed by atoms with Gasteiger partial charge in [0.25, 0.3) is 0 Å². The van der Waals surface area contributed by atoms with Crippen molar-refractivity contribution in [2.24, 2.45) is 5.92 Å². The number of esters is 1. The third-order valence-corrected chi connectivity index (χ3v) is 7.39. The summed E-state index contributed by atoms with van der Waals surface area (Å²) >= 11 is 18.1. The van der Waals surface area contributed by atoms with E-state index < -0.39 is 16.0 Å². The number of ether oxygens (including phenoxy) is 1. The second-order valence-electron chi connectivity index (χ2n) is 6.72. The number of sulfonamides is 1. The number of hydrogen-bond donors (Lipinski definition) is 0. The van der Waals surface area contributed by atoms with Crippen LogP contribution in [0.15, 0.2) is 41.3 Å². The van der Waals surface area contributed by atoms with Crippen LogP contribution in [0.4, 0.5) is 0 Å². The predicted molar refractivity (Wildman–Crippen MR) is 110 cm³/mol. The molecule has 28 heavy (non-hydrogen) atoms. The molecule has 9 heteroatoms. The van der Waals surface area contributed by atoms with Crippen LogP contribution in [0.5, 0.6) is 5.75 Å². The summed E-state index contributed by atoms with van der Waals surface area (Å²) in [6, 6.07) is 8.48. The number of rotatable bonds is 4. The highest BCUT2D eigenvalue weighted by Gasteiger charge is 2.31. The predicted octanol–water partition coefficient (Wildman–Crippen LogP) is 5.29. The highest BCUT2D eigenvalue weighted by atomic mass is 35.5. The summed E-state index contributed by atoms with van der Waals surface area (Å²) in [4.78, 5) is 12.4. The van der Waals surface area contributed by atoms with Crippen LogP contribution in [0.25, 0.3) is 0 Å². The van der Waals surface area contributed by atoms with E-state index in [0.29, 0.717) is 18.1 Å². The highest BCUT2D eigenvalue weighted by molar-refractivity contribution is 7.89. The minimum Gasteiger partial charge on any atom is -0.421 e. The molecule has 1 fully saturated rings. The van der Waals surface area contributed by atoms with Gasteiger partial charge < -0.3 is 4.74 Å². The molecule has 1 saturated heterocycles. The Morgan fingerprint density at radius 3 is 2.54 bits per heavy atom. The number of hydrogen-bond acceptors (Lipinski definition) is 4. The number of halogens is 3. The molecule has 0 unspecified atom stereocenters. The van der Waals surface area contributed by atoms with Crippen molar-refractivity contribution in [3.05, 3.63) is 57.0 Å². The molecule has 2 aromatic rings. The number of piperidine rings is 1. The van der Waals surface area contributed by atoms with Crippen molar-refractivity contribution in [3.63, 3.8) is 0 Å². The topological polar surface area (TPSA) is 63.7 Å². The Morgan fingerprint density at radius 1 is 1.11 bits per heavy atom. The molecule has 150 valence electrons. The van der Waals surface area contributed by atoms with Gasteiger partial charge in [0.05, 0.1) is 15.6 Å². The van der Waals surface area contributed by atoms with E-state index in [1.54, 1.807) is 6.07 Å². The second kappa shape index (κ2) is 8.59. The number of carbonyl (C=O) groups is 1. The molecule has 0 radical (unpaired) electrons. The Kier molecular flexibility index (Phi) is 6.57. The molecule has 0 saturated carbocycles. The van der Waals surface area contributed by atoms with Gasteiger partial charge in [0.15, 0.2) is 5.75 Å². The Bertz CT molecular complexity index is 1010. The summed E-state index contributed by atoms with van der Waals surface area (Å²) in [5.74, 6) is -0.409. The fourth-order valence-corrected chi connectivity index (χ4v) is 5.46. The van der Waals surface area contributed by atoms with Gasteiger partial charge in [-0.05, 0) is 49.1 Å². The minimum atomic E-state index is -3.82. The van der Waals surface area contributed by atoms with E-state index in [4.69, 9.17) is 39.5 Å². The lowest BCUT2D eigenvalue weighted by Crippen LogP contribution is -2.39. The summed E-state index contributed by atoms with van der Waals surface area (Å²) in [5, 5.41) is 0.614. The van der Waals surface area contributed by atoms with Crippen molar-refractivity contribution >= 4 is 50.8 Å². The standard InChI is InChI=1S/C19H18Cl3NO4S/c1-12-3-2-8-23(11-12)28(25,26)18-9-13(4-6-16(18)22)19(24)27-17-10-14(20)5-7-15(17)21/h4-7,9-10,12H,2-3,8,11H2,1H3/t12-/m0/s1. The average Bonchev–Trinajstić information content (AvgIpc) is 2.65. The monoisotopic (exact) mass is 461 g/mol. The van der Waals surface area contributed by atoms with Crippen molar-refractivity contribution in [3.8, 4) is 5.75 Å². The van der Waals surface area contributed by atoms with Crippen molar-refractivity contribution in [2.75, 3.05) is 13.1 Å². The normalized spacial score (nSPS) is 18.1. The molecule has 3 rings (SSSR count). The molecule has 0 spiro atoms. The zero-order valence-electron chi connectivity index (χ0n) is 15.0. The zero-order valence-corrected chi connectivity index (χ0v) is 18.1. The van der Waals surface area contributed by atoms with Crippen LogP contribution in [0.2, 0.25) is 15.1 Å². The first-order chi connectivity index (χ1) is 13.2. The summed E-state index contributed by atoms with van der Waals surface area (Å²) in [6.45, 7) is 2.85. The first-order valence-electron chi connectivity index (χ1n) is 8.65. The number of carbonyl (C=O) groups excluding carboxylic acids is 1. The SMILES string of the molecule is C[C@H]1CCCN(S(=O)(=O)c2cc(C(=O)Oc3cc(Cl)ccc3Cl)ccc2Cl)C1. The fraction of sp³-hybridized carbons (Fsp3) is 0.316. The van der Waals surface area contributed by atoms with Gasteiger partial charge in [-0.15, -0.1) is 0 Å². The van der Waals surface area contributed by atoms with E-state index >= 15 is 0 Å². The summed E-state index contributed by atoms with van der Waals surface area (Å²) in [5.41, 5.74) is 0.0454. The molecule has 0 amide bonds. The second-order valence-corrected chi connectivity index (χ2v) is 9.88. The molecule has 1 aliphatic heterocycles. The largest absolute Gasteiger partial charge is 0.421 e. The van der Waals surface area contributed by atoms with E-state index in [0.717, 1.165) is 12.8 Å². The van der Waals surface area contributed by atoms with Gasteiger partial charge >= 0.3 is 5.97 Å². The fourth-order valence-electron chi connectivity index (χ4n) is 3.05. The van der Waals surface area contributed by atoms with Crippen molar-refractivity contribution in [1.82, 2.24) is 4.31 Å². The lowest BCUT2D eigenvalue weighted by molar-refractivity contribution is 0.0734. The maximum atomic E-state index is 13.0. The lowest BCUT2D eigenvalue weighted by atomic mass is 10.0. The van der Waals surface area contributed by atoms with Crippen molar-refractivity contribution in [1.29, 1.82) is 0 Å². The summed E-state index contributed by atoms with van der Waals surface area (Å²) in [7, 11) is -3.82. The first kappa shape index (κ1) is 21.4. The summed E-state index contributed by atoms with van der Waals surface area (Å²) < 4.78 is 32.8. The van der Waals surface area contributed by atoms with Crippen LogP contribution in [-0.4, -0.2) is 31.8 Å². The molecular weight excluding hydrogens is 445 g/mol. The molecule has 0 aliphatic carbocycles. The van der Waals surface area contributed by atoms with E-state index in [2.05, 4.69) is 0 Å². The Hall–Kier alpha value is -1.31. The van der Waals surface area contributed by atoms with Gasteiger partial charge in [-0.3, -0.25) is 0 Å². The Balaban J connectivity index is 1.90. The van der Waals surface area contributed by atoms with Gasteiger partial charge in [0, 0.05) is 24.2 Å². The van der Waals surface area contributed by atoms with Gasteiger partial charge in [0.2, 0.25) is 10.0 Å². The molecule has 0 N–H and O–H groups in total. The molecule has 5 nitrogen and oxygen atoms in total. The van der Waals surface area contributed by atoms with Gasteiger partial charge in [0.1, 0.15) is 4.90 Å². The first-order valence-corrected chi connectivity index (χ1v) is 11.2. The number of nitrogens with zero attached hydrogens (tertiary/aromatic N) is 1. The lowest BCUT2D eigenvalue weighted by Gasteiger charge is -2.30. The minimum absolute atomic E-state index is 0.0454. The van der Waals surface area contributed by atoms with Gasteiger partial charge in [-0.25, -0.2) is 13.2 Å². The molecule has 1 heterocycles. The van der Waals surface area contributed by atoms with E-state index in [-0.39, 0.29) is 32.2 Å². The molecule has 2 aromatic carbocycles. The van der Waals surface area contributed by atoms with Crippen molar-refractivity contribution < 1.29 is 17.9 Å². The maximum Gasteiger partial charge on any atom is 0.343 e. The molecule has 0 bridgehead atoms. The smallest absolute Gasteiger partial charge is 0.343 e. The third kappa shape index (κ3) is 4.63. The van der Waals surface area contributed by atoms with Crippen LogP contribution in [0, 0.1) is 5.92 Å². The van der Waals surface area contributed by atoms with E-state index in [1.807, 2.05) is 6.92 Å². The maximum absolute atomic E-state index is 13.0. The van der Waals surface area contributed by atoms with Crippen molar-refractivity contribution in [2.45, 2.75) is 24.7 Å². The third-order valence-electron chi connectivity index (χ3n) is 4.50. The molecule has 1 atom stereocenters. The van der Waals surface area contributed by atoms with Crippen LogP contribution in [0.3, 0.4) is 0 Å². The molecular formula is C19H18Cl3NO4S. The van der Waals surface area contributed by atoms with Gasteiger partial charge in [-0.1, -0.05) is 41.7 Å². The average molecular weight is 463 g/mol. The summed E-state index contributed by atoms with van der Waals surface area (Å²) in [6.07, 6.45) is 1.76. The van der Waals surface area contributed by atoms with Crippen LogP contribution in [0.1, 0.15) is 30.1 Å². The quantitative estimate of drug-likeness (QED) is 0.458. The number of benzene rings is 2. The molecule has 0 aromatic heterocycles. The van der Waals surface area contributed by atoms with Crippen LogP contribution >= 0.6 is 34.8 Å². The molecule has 1 aliphatic rings. The Morgan fingerprint density at radius 2 is 1.82 bits per heavy atom. The Labute approximate surface area is 179 Å². The van der Waals surface area contributed by atoms with Crippen LogP contribution in [-0.2, 0) is 10.0 Å². The van der Waals surface area contributed by atoms with Crippen LogP contribution < -0.4 is 4.74 Å².